The van der Waals surface area contributed by atoms with Gasteiger partial charge in [-0.15, -0.1) is 0 Å². The van der Waals surface area contributed by atoms with Crippen LogP contribution in [0.15, 0.2) is 42.6 Å². The van der Waals surface area contributed by atoms with Crippen LogP contribution in [0, 0.1) is 0 Å². The fraction of sp³-hybridized carbons (Fsp3) is 0.133. The van der Waals surface area contributed by atoms with Gasteiger partial charge in [-0.2, -0.15) is 0 Å². The van der Waals surface area contributed by atoms with Crippen molar-refractivity contribution in [1.29, 1.82) is 0 Å². The lowest BCUT2D eigenvalue weighted by Crippen LogP contribution is -1.94. The predicted octanol–water partition coefficient (Wildman–Crippen LogP) is 3.16. The molecule has 3 rings (SSSR count). The van der Waals surface area contributed by atoms with Crippen molar-refractivity contribution in [2.24, 2.45) is 0 Å². The van der Waals surface area contributed by atoms with Gasteiger partial charge in [-0.05, 0) is 18.2 Å². The van der Waals surface area contributed by atoms with E-state index in [2.05, 4.69) is 4.98 Å². The van der Waals surface area contributed by atoms with Crippen LogP contribution in [0.25, 0.3) is 16.9 Å². The van der Waals surface area contributed by atoms with Crippen LogP contribution in [0.1, 0.15) is 5.69 Å². The number of aliphatic hydroxyl groups excluding tert-OH is 1. The lowest BCUT2D eigenvalue weighted by molar-refractivity contribution is 0.276. The van der Waals surface area contributed by atoms with E-state index in [9.17, 15) is 5.11 Å². The van der Waals surface area contributed by atoms with E-state index in [4.69, 9.17) is 16.3 Å². The lowest BCUT2D eigenvalue weighted by Gasteiger charge is -2.04. The third kappa shape index (κ3) is 2.13. The van der Waals surface area contributed by atoms with Crippen molar-refractivity contribution in [2.45, 2.75) is 6.61 Å². The summed E-state index contributed by atoms with van der Waals surface area (Å²) in [5, 5.41) is 10.3. The van der Waals surface area contributed by atoms with Gasteiger partial charge in [-0.1, -0.05) is 23.7 Å². The summed E-state index contributed by atoms with van der Waals surface area (Å²) in [7, 11) is 1.62. The van der Waals surface area contributed by atoms with Crippen molar-refractivity contribution in [3.05, 3.63) is 53.3 Å². The number of nitrogens with zero attached hydrogens (tertiary/aromatic N) is 2. The first-order valence-electron chi connectivity index (χ1n) is 6.14. The number of ether oxygens (including phenoxy) is 1. The molecule has 0 saturated heterocycles. The number of benzene rings is 1. The van der Waals surface area contributed by atoms with Crippen LogP contribution in [-0.2, 0) is 6.61 Å². The van der Waals surface area contributed by atoms with Gasteiger partial charge in [0, 0.05) is 22.8 Å². The molecule has 0 aliphatic heterocycles. The SMILES string of the molecule is COc1cccc(-c2nc3cc(Cl)ccn3c2CO)c1. The molecule has 0 fully saturated rings. The standard InChI is InChI=1S/C15H13ClN2O2/c1-20-12-4-2-3-10(7-12)15-13(9-19)18-6-5-11(16)8-14(18)17-15/h2-8,19H,9H2,1H3. The van der Waals surface area contributed by atoms with Crippen molar-refractivity contribution in [1.82, 2.24) is 9.38 Å². The molecule has 0 unspecified atom stereocenters. The third-order valence-corrected chi connectivity index (χ3v) is 3.42. The van der Waals surface area contributed by atoms with E-state index in [0.29, 0.717) is 10.7 Å². The summed E-state index contributed by atoms with van der Waals surface area (Å²) in [4.78, 5) is 4.55. The van der Waals surface area contributed by atoms with Gasteiger partial charge in [0.25, 0.3) is 0 Å². The molecule has 0 aliphatic carbocycles. The van der Waals surface area contributed by atoms with Gasteiger partial charge in [-0.3, -0.25) is 0 Å². The highest BCUT2D eigenvalue weighted by molar-refractivity contribution is 6.30. The topological polar surface area (TPSA) is 46.8 Å². The molecule has 0 spiro atoms. The average Bonchev–Trinajstić information content (AvgIpc) is 2.84. The number of hydrogen-bond donors (Lipinski definition) is 1. The number of hydrogen-bond acceptors (Lipinski definition) is 3. The Bertz CT molecular complexity index is 768. The van der Waals surface area contributed by atoms with E-state index >= 15 is 0 Å². The van der Waals surface area contributed by atoms with Crippen molar-refractivity contribution in [3.63, 3.8) is 0 Å². The van der Waals surface area contributed by atoms with Crippen molar-refractivity contribution in [2.75, 3.05) is 7.11 Å². The van der Waals surface area contributed by atoms with Gasteiger partial charge in [0.15, 0.2) is 0 Å². The smallest absolute Gasteiger partial charge is 0.139 e. The van der Waals surface area contributed by atoms with Crippen LogP contribution >= 0.6 is 11.6 Å². The number of halogens is 1. The second-order valence-corrected chi connectivity index (χ2v) is 4.81. The van der Waals surface area contributed by atoms with Gasteiger partial charge in [0.05, 0.1) is 25.1 Å². The lowest BCUT2D eigenvalue weighted by atomic mass is 10.1. The molecular formula is C15H13ClN2O2. The molecule has 0 radical (unpaired) electrons. The van der Waals surface area contributed by atoms with Crippen LogP contribution < -0.4 is 4.74 Å². The maximum Gasteiger partial charge on any atom is 0.139 e. The first-order chi connectivity index (χ1) is 9.72. The highest BCUT2D eigenvalue weighted by Crippen LogP contribution is 2.28. The number of rotatable bonds is 3. The Morgan fingerprint density at radius 3 is 2.90 bits per heavy atom. The molecule has 0 bridgehead atoms. The highest BCUT2D eigenvalue weighted by Gasteiger charge is 2.13. The average molecular weight is 289 g/mol. The highest BCUT2D eigenvalue weighted by atomic mass is 35.5. The summed E-state index contributed by atoms with van der Waals surface area (Å²) in [6.07, 6.45) is 1.81. The molecule has 3 aromatic rings. The Labute approximate surface area is 121 Å². The van der Waals surface area contributed by atoms with Gasteiger partial charge < -0.3 is 14.2 Å². The maximum atomic E-state index is 9.64. The van der Waals surface area contributed by atoms with Crippen molar-refractivity contribution >= 4 is 17.2 Å². The summed E-state index contributed by atoms with van der Waals surface area (Å²) in [6, 6.07) is 11.1. The van der Waals surface area contributed by atoms with E-state index in [1.807, 2.05) is 28.7 Å². The molecule has 5 heteroatoms. The number of imidazole rings is 1. The van der Waals surface area contributed by atoms with Gasteiger partial charge >= 0.3 is 0 Å². The van der Waals surface area contributed by atoms with E-state index in [1.54, 1.807) is 25.4 Å². The Morgan fingerprint density at radius 2 is 2.15 bits per heavy atom. The Hall–Kier alpha value is -2.04. The summed E-state index contributed by atoms with van der Waals surface area (Å²) in [6.45, 7) is -0.102. The summed E-state index contributed by atoms with van der Waals surface area (Å²) >= 11 is 5.98. The van der Waals surface area contributed by atoms with Crippen LogP contribution in [0.2, 0.25) is 5.02 Å². The van der Waals surface area contributed by atoms with Crippen molar-refractivity contribution in [3.8, 4) is 17.0 Å². The minimum absolute atomic E-state index is 0.102. The zero-order valence-electron chi connectivity index (χ0n) is 10.9. The molecule has 0 saturated carbocycles. The first-order valence-corrected chi connectivity index (χ1v) is 6.52. The molecule has 20 heavy (non-hydrogen) atoms. The summed E-state index contributed by atoms with van der Waals surface area (Å²) < 4.78 is 7.06. The normalized spacial score (nSPS) is 10.9. The number of aromatic nitrogens is 2. The fourth-order valence-corrected chi connectivity index (χ4v) is 2.38. The Balaban J connectivity index is 2.24. The van der Waals surface area contributed by atoms with Gasteiger partial charge in [0.1, 0.15) is 11.4 Å². The fourth-order valence-electron chi connectivity index (χ4n) is 2.22. The molecule has 0 aliphatic rings. The van der Waals surface area contributed by atoms with E-state index < -0.39 is 0 Å². The molecule has 4 nitrogen and oxygen atoms in total. The van der Waals surface area contributed by atoms with Crippen molar-refractivity contribution < 1.29 is 9.84 Å². The molecule has 0 amide bonds. The van der Waals surface area contributed by atoms with E-state index in [0.717, 1.165) is 22.7 Å². The minimum atomic E-state index is -0.102. The number of pyridine rings is 1. The zero-order chi connectivity index (χ0) is 14.1. The van der Waals surface area contributed by atoms with Crippen LogP contribution in [0.5, 0.6) is 5.75 Å². The summed E-state index contributed by atoms with van der Waals surface area (Å²) in [5.74, 6) is 0.751. The molecule has 2 aromatic heterocycles. The van der Waals surface area contributed by atoms with Crippen LogP contribution in [-0.4, -0.2) is 21.6 Å². The molecule has 102 valence electrons. The van der Waals surface area contributed by atoms with Crippen LogP contribution in [0.4, 0.5) is 0 Å². The Morgan fingerprint density at radius 1 is 1.30 bits per heavy atom. The quantitative estimate of drug-likeness (QED) is 0.805. The van der Waals surface area contributed by atoms with E-state index in [-0.39, 0.29) is 6.61 Å². The number of fused-ring (bicyclic) bond motifs is 1. The monoisotopic (exact) mass is 288 g/mol. The zero-order valence-corrected chi connectivity index (χ0v) is 11.6. The number of aliphatic hydroxyl groups is 1. The third-order valence-electron chi connectivity index (χ3n) is 3.18. The van der Waals surface area contributed by atoms with E-state index in [1.165, 1.54) is 0 Å². The molecule has 1 N–H and O–H groups in total. The largest absolute Gasteiger partial charge is 0.497 e. The molecular weight excluding hydrogens is 276 g/mol. The molecule has 0 atom stereocenters. The Kier molecular flexibility index (Phi) is 3.34. The van der Waals surface area contributed by atoms with Crippen LogP contribution in [0.3, 0.4) is 0 Å². The predicted molar refractivity (Wildman–Crippen MR) is 78.1 cm³/mol. The molecule has 2 heterocycles. The molecule has 1 aromatic carbocycles. The minimum Gasteiger partial charge on any atom is -0.497 e. The first kappa shape index (κ1) is 13.0. The maximum absolute atomic E-state index is 9.64. The van der Waals surface area contributed by atoms with Gasteiger partial charge in [0.2, 0.25) is 0 Å². The van der Waals surface area contributed by atoms with Gasteiger partial charge in [-0.25, -0.2) is 4.98 Å². The number of methoxy groups -OCH3 is 1. The second kappa shape index (κ2) is 5.15. The summed E-state index contributed by atoms with van der Waals surface area (Å²) in [5.41, 5.74) is 3.06. The second-order valence-electron chi connectivity index (χ2n) is 4.37.